The number of ether oxygens (including phenoxy) is 1. The van der Waals surface area contributed by atoms with Gasteiger partial charge in [0, 0.05) is 51.2 Å². The maximum atomic E-state index is 14.2. The van der Waals surface area contributed by atoms with Gasteiger partial charge in [-0.2, -0.15) is 0 Å². The van der Waals surface area contributed by atoms with E-state index in [0.717, 1.165) is 49.9 Å². The molecule has 0 saturated heterocycles. The average Bonchev–Trinajstić information content (AvgIpc) is 3.57. The van der Waals surface area contributed by atoms with Gasteiger partial charge in [-0.1, -0.05) is 46.3 Å². The van der Waals surface area contributed by atoms with E-state index in [1.54, 1.807) is 0 Å². The van der Waals surface area contributed by atoms with E-state index in [1.165, 1.54) is 12.1 Å². The SMILES string of the molecule is Fc1ccc(COc2cccc(Br)c2Cc2cccn2-c2cccc(-c3nc4ccccc4[nH]3)c2)c(F)c1. The van der Waals surface area contributed by atoms with Gasteiger partial charge in [0.15, 0.2) is 0 Å². The van der Waals surface area contributed by atoms with E-state index in [0.29, 0.717) is 17.7 Å². The van der Waals surface area contributed by atoms with Gasteiger partial charge in [-0.15, -0.1) is 0 Å². The minimum absolute atomic E-state index is 0.00384. The molecule has 188 valence electrons. The number of aromatic nitrogens is 3. The molecule has 1 N–H and O–H groups in total. The number of fused-ring (bicyclic) bond motifs is 1. The summed E-state index contributed by atoms with van der Waals surface area (Å²) in [5.74, 6) is 0.211. The van der Waals surface area contributed by atoms with Crippen LogP contribution in [-0.4, -0.2) is 14.5 Å². The van der Waals surface area contributed by atoms with Gasteiger partial charge >= 0.3 is 0 Å². The Kier molecular flexibility index (Phi) is 6.52. The molecule has 7 heteroatoms. The number of nitrogens with zero attached hydrogens (tertiary/aromatic N) is 2. The second-order valence-electron chi connectivity index (χ2n) is 8.94. The summed E-state index contributed by atoms with van der Waals surface area (Å²) in [5, 5.41) is 0. The van der Waals surface area contributed by atoms with E-state index >= 15 is 0 Å². The predicted molar refractivity (Wildman–Crippen MR) is 148 cm³/mol. The van der Waals surface area contributed by atoms with E-state index in [-0.39, 0.29) is 6.61 Å². The number of H-pyrrole nitrogens is 1. The molecule has 0 aliphatic rings. The summed E-state index contributed by atoms with van der Waals surface area (Å²) >= 11 is 3.66. The average molecular weight is 570 g/mol. The molecule has 0 fully saturated rings. The summed E-state index contributed by atoms with van der Waals surface area (Å²) in [5.41, 5.74) is 6.20. The molecule has 4 aromatic carbocycles. The minimum Gasteiger partial charge on any atom is -0.488 e. The zero-order chi connectivity index (χ0) is 26.1. The molecule has 0 radical (unpaired) electrons. The molecule has 0 spiro atoms. The third-order valence-electron chi connectivity index (χ3n) is 6.45. The van der Waals surface area contributed by atoms with Gasteiger partial charge in [-0.05, 0) is 60.7 Å². The fourth-order valence-electron chi connectivity index (χ4n) is 4.53. The number of rotatable bonds is 7. The molecule has 6 rings (SSSR count). The van der Waals surface area contributed by atoms with Gasteiger partial charge < -0.3 is 14.3 Å². The van der Waals surface area contributed by atoms with E-state index in [4.69, 9.17) is 9.72 Å². The molecule has 0 aliphatic heterocycles. The molecule has 0 saturated carbocycles. The highest BCUT2D eigenvalue weighted by atomic mass is 79.9. The lowest BCUT2D eigenvalue weighted by Crippen LogP contribution is -2.05. The molecule has 2 aromatic heterocycles. The first-order chi connectivity index (χ1) is 18.5. The Morgan fingerprint density at radius 3 is 2.61 bits per heavy atom. The van der Waals surface area contributed by atoms with Crippen LogP contribution in [0, 0.1) is 11.6 Å². The van der Waals surface area contributed by atoms with Crippen LogP contribution in [0.2, 0.25) is 0 Å². The smallest absolute Gasteiger partial charge is 0.138 e. The highest BCUT2D eigenvalue weighted by molar-refractivity contribution is 9.10. The summed E-state index contributed by atoms with van der Waals surface area (Å²) in [4.78, 5) is 8.14. The number of benzene rings is 4. The van der Waals surface area contributed by atoms with Crippen LogP contribution in [-0.2, 0) is 13.0 Å². The number of hydrogen-bond acceptors (Lipinski definition) is 2. The summed E-state index contributed by atoms with van der Waals surface area (Å²) in [6.45, 7) is -0.00384. The summed E-state index contributed by atoms with van der Waals surface area (Å²) in [7, 11) is 0. The fourth-order valence-corrected chi connectivity index (χ4v) is 5.01. The molecule has 0 amide bonds. The normalized spacial score (nSPS) is 11.2. The molecule has 0 unspecified atom stereocenters. The third kappa shape index (κ3) is 4.85. The van der Waals surface area contributed by atoms with Gasteiger partial charge in [-0.3, -0.25) is 0 Å². The van der Waals surface area contributed by atoms with Crippen LogP contribution in [0.25, 0.3) is 28.1 Å². The Bertz CT molecular complexity index is 1720. The number of hydrogen-bond donors (Lipinski definition) is 1. The van der Waals surface area contributed by atoms with Crippen LogP contribution in [0.1, 0.15) is 16.8 Å². The van der Waals surface area contributed by atoms with Crippen molar-refractivity contribution in [1.29, 1.82) is 0 Å². The van der Waals surface area contributed by atoms with Crippen LogP contribution >= 0.6 is 15.9 Å². The first-order valence-electron chi connectivity index (χ1n) is 12.1. The lowest BCUT2D eigenvalue weighted by Gasteiger charge is -2.16. The van der Waals surface area contributed by atoms with Crippen LogP contribution in [0.15, 0.2) is 108 Å². The van der Waals surface area contributed by atoms with Crippen LogP contribution in [0.5, 0.6) is 5.75 Å². The summed E-state index contributed by atoms with van der Waals surface area (Å²) in [6.07, 6.45) is 2.60. The standard InChI is InChI=1S/C31H22BrF2N3O/c32-26-9-4-12-30(38-19-21-13-14-22(33)17-27(21)34)25(26)18-24-8-5-15-37(24)23-7-3-6-20(16-23)31-35-28-10-1-2-11-29(28)36-31/h1-17H,18-19H2,(H,35,36). The Balaban J connectivity index is 1.28. The van der Waals surface area contributed by atoms with Crippen molar-refractivity contribution >= 4 is 27.0 Å². The maximum absolute atomic E-state index is 14.2. The fraction of sp³-hybridized carbons (Fsp3) is 0.0645. The molecule has 0 atom stereocenters. The van der Waals surface area contributed by atoms with E-state index in [2.05, 4.69) is 43.7 Å². The predicted octanol–water partition coefficient (Wildman–Crippen LogP) is 8.23. The Hall–Kier alpha value is -4.23. The van der Waals surface area contributed by atoms with Crippen molar-refractivity contribution in [2.75, 3.05) is 0 Å². The molecule has 2 heterocycles. The lowest BCUT2D eigenvalue weighted by atomic mass is 10.1. The quantitative estimate of drug-likeness (QED) is 0.210. The van der Waals surface area contributed by atoms with Crippen molar-refractivity contribution in [3.8, 4) is 22.8 Å². The highest BCUT2D eigenvalue weighted by Gasteiger charge is 2.14. The Morgan fingerprint density at radius 2 is 1.74 bits per heavy atom. The monoisotopic (exact) mass is 569 g/mol. The van der Waals surface area contributed by atoms with Crippen molar-refractivity contribution in [3.63, 3.8) is 0 Å². The van der Waals surface area contributed by atoms with Crippen LogP contribution < -0.4 is 4.74 Å². The zero-order valence-corrected chi connectivity index (χ0v) is 21.8. The van der Waals surface area contributed by atoms with Gasteiger partial charge in [0.05, 0.1) is 11.0 Å². The molecule has 0 bridgehead atoms. The highest BCUT2D eigenvalue weighted by Crippen LogP contribution is 2.31. The minimum atomic E-state index is -0.625. The second-order valence-corrected chi connectivity index (χ2v) is 9.79. The largest absolute Gasteiger partial charge is 0.488 e. The van der Waals surface area contributed by atoms with Gasteiger partial charge in [0.1, 0.15) is 29.8 Å². The van der Waals surface area contributed by atoms with Gasteiger partial charge in [0.2, 0.25) is 0 Å². The lowest BCUT2D eigenvalue weighted by molar-refractivity contribution is 0.296. The second kappa shape index (κ2) is 10.3. The Labute approximate surface area is 226 Å². The van der Waals surface area contributed by atoms with Crippen molar-refractivity contribution in [2.45, 2.75) is 13.0 Å². The summed E-state index contributed by atoms with van der Waals surface area (Å²) < 4.78 is 36.5. The number of nitrogens with one attached hydrogen (secondary N) is 1. The van der Waals surface area contributed by atoms with E-state index in [9.17, 15) is 8.78 Å². The van der Waals surface area contributed by atoms with E-state index < -0.39 is 11.6 Å². The molecule has 0 aliphatic carbocycles. The van der Waals surface area contributed by atoms with Crippen LogP contribution in [0.4, 0.5) is 8.78 Å². The number of aromatic amines is 1. The number of para-hydroxylation sites is 2. The Morgan fingerprint density at radius 1 is 0.868 bits per heavy atom. The maximum Gasteiger partial charge on any atom is 0.138 e. The molecular formula is C31H22BrF2N3O. The molecule has 38 heavy (non-hydrogen) atoms. The molecular weight excluding hydrogens is 548 g/mol. The summed E-state index contributed by atoms with van der Waals surface area (Å²) in [6, 6.07) is 29.5. The first-order valence-corrected chi connectivity index (χ1v) is 12.9. The van der Waals surface area contributed by atoms with Gasteiger partial charge in [0.25, 0.3) is 0 Å². The van der Waals surface area contributed by atoms with Crippen LogP contribution in [0.3, 0.4) is 0 Å². The van der Waals surface area contributed by atoms with Crippen molar-refractivity contribution in [2.24, 2.45) is 0 Å². The van der Waals surface area contributed by atoms with Crippen molar-refractivity contribution in [3.05, 3.63) is 136 Å². The van der Waals surface area contributed by atoms with Gasteiger partial charge in [-0.25, -0.2) is 13.8 Å². The zero-order valence-electron chi connectivity index (χ0n) is 20.2. The number of imidazole rings is 1. The molecule has 6 aromatic rings. The molecule has 4 nitrogen and oxygen atoms in total. The topological polar surface area (TPSA) is 42.8 Å². The van der Waals surface area contributed by atoms with Crippen molar-refractivity contribution in [1.82, 2.24) is 14.5 Å². The first kappa shape index (κ1) is 24.1. The third-order valence-corrected chi connectivity index (χ3v) is 7.20. The van der Waals surface area contributed by atoms with Crippen molar-refractivity contribution < 1.29 is 13.5 Å². The van der Waals surface area contributed by atoms with E-state index in [1.807, 2.05) is 66.9 Å². The number of halogens is 3.